The molecule has 154 valence electrons. The fraction of sp³-hybridized carbons (Fsp3) is 0.353. The number of aromatic nitrogens is 4. The van der Waals surface area contributed by atoms with E-state index in [4.69, 9.17) is 26.4 Å². The zero-order valence-electron chi connectivity index (χ0n) is 15.1. The van der Waals surface area contributed by atoms with Gasteiger partial charge in [0.1, 0.15) is 17.6 Å². The predicted octanol–water partition coefficient (Wildman–Crippen LogP) is 2.43. The minimum atomic E-state index is -4.37. The predicted molar refractivity (Wildman–Crippen MR) is 105 cm³/mol. The van der Waals surface area contributed by atoms with E-state index in [1.807, 2.05) is 4.57 Å². The number of halogens is 1. The Kier molecular flexibility index (Phi) is 5.46. The number of nitrogens with zero attached hydrogens (tertiary/aromatic N) is 4. The molecule has 4 unspecified atom stereocenters. The third-order valence-electron chi connectivity index (χ3n) is 5.07. The molecule has 2 heterocycles. The first-order valence-electron chi connectivity index (χ1n) is 8.84. The van der Waals surface area contributed by atoms with Crippen molar-refractivity contribution in [1.82, 2.24) is 19.5 Å². The molecular formula is C17H19ClN5O5P. The van der Waals surface area contributed by atoms with Crippen LogP contribution in [-0.2, 0) is 9.09 Å². The quantitative estimate of drug-likeness (QED) is 0.472. The van der Waals surface area contributed by atoms with Crippen LogP contribution in [-0.4, -0.2) is 42.7 Å². The number of aliphatic hydroxyl groups is 1. The number of hydrogen-bond donors (Lipinski definition) is 3. The lowest BCUT2D eigenvalue weighted by molar-refractivity contribution is -0.00476. The van der Waals surface area contributed by atoms with Crippen LogP contribution in [0.5, 0.6) is 5.75 Å². The molecule has 0 spiro atoms. The molecule has 4 rings (SSSR count). The molecule has 4 atom stereocenters. The monoisotopic (exact) mass is 439 g/mol. The van der Waals surface area contributed by atoms with E-state index in [1.165, 1.54) is 18.5 Å². The van der Waals surface area contributed by atoms with Crippen molar-refractivity contribution < 1.29 is 23.6 Å². The van der Waals surface area contributed by atoms with Gasteiger partial charge in [-0.25, -0.2) is 19.5 Å². The van der Waals surface area contributed by atoms with Crippen LogP contribution in [0.2, 0.25) is 5.02 Å². The van der Waals surface area contributed by atoms with Gasteiger partial charge >= 0.3 is 7.82 Å². The summed E-state index contributed by atoms with van der Waals surface area (Å²) in [6.07, 6.45) is 3.59. The smallest absolute Gasteiger partial charge is 0.404 e. The van der Waals surface area contributed by atoms with E-state index in [2.05, 4.69) is 15.0 Å². The second-order valence-electron chi connectivity index (χ2n) is 6.81. The van der Waals surface area contributed by atoms with Gasteiger partial charge < -0.3 is 19.9 Å². The van der Waals surface area contributed by atoms with E-state index in [1.54, 1.807) is 18.5 Å². The van der Waals surface area contributed by atoms with Crippen molar-refractivity contribution in [3.8, 4) is 5.75 Å². The fourth-order valence-corrected chi connectivity index (χ4v) is 4.50. The molecule has 1 aromatic carbocycles. The summed E-state index contributed by atoms with van der Waals surface area (Å²) in [6.45, 7) is -0.163. The zero-order valence-corrected chi connectivity index (χ0v) is 16.8. The number of benzene rings is 1. The Balaban J connectivity index is 1.48. The normalized spacial score (nSPS) is 23.5. The summed E-state index contributed by atoms with van der Waals surface area (Å²) in [6, 6.07) is 6.01. The number of rotatable bonds is 7. The molecule has 2 aromatic heterocycles. The van der Waals surface area contributed by atoms with Crippen LogP contribution in [0.1, 0.15) is 12.5 Å². The van der Waals surface area contributed by atoms with E-state index < -0.39 is 7.82 Å². The van der Waals surface area contributed by atoms with Crippen molar-refractivity contribution in [2.75, 3.05) is 18.9 Å². The minimum Gasteiger partial charge on any atom is -0.404 e. The van der Waals surface area contributed by atoms with Gasteiger partial charge in [0.25, 0.3) is 0 Å². The molecule has 29 heavy (non-hydrogen) atoms. The SMILES string of the molecule is Nc1ncnc2c1ncn2C1CC(CO)C1COP(=O)(O)Oc1cccc(Cl)c1. The van der Waals surface area contributed by atoms with E-state index in [0.717, 1.165) is 0 Å². The maximum absolute atomic E-state index is 12.3. The standard InChI is InChI=1S/C17H19ClN5O5P/c18-11-2-1-3-12(5-11)28-29(25,26)27-7-13-10(6-24)4-14(13)23-9-22-15-16(19)20-8-21-17(15)23/h1-3,5,8-10,13-14,24H,4,6-7H2,(H,25,26)(H2,19,20,21). The molecule has 0 saturated heterocycles. The van der Waals surface area contributed by atoms with Crippen LogP contribution in [0.15, 0.2) is 36.9 Å². The number of fused-ring (bicyclic) bond motifs is 1. The maximum atomic E-state index is 12.3. The molecular weight excluding hydrogens is 421 g/mol. The van der Waals surface area contributed by atoms with Gasteiger partial charge in [-0.15, -0.1) is 0 Å². The van der Waals surface area contributed by atoms with E-state index in [0.29, 0.717) is 22.6 Å². The number of phosphoric acid groups is 1. The second kappa shape index (κ2) is 7.89. The topological polar surface area (TPSA) is 146 Å². The average molecular weight is 440 g/mol. The van der Waals surface area contributed by atoms with E-state index >= 15 is 0 Å². The molecule has 0 amide bonds. The van der Waals surface area contributed by atoms with Gasteiger partial charge in [0.2, 0.25) is 0 Å². The molecule has 1 aliphatic rings. The van der Waals surface area contributed by atoms with Crippen LogP contribution in [0.4, 0.5) is 5.82 Å². The van der Waals surface area contributed by atoms with Crippen LogP contribution >= 0.6 is 19.4 Å². The van der Waals surface area contributed by atoms with Crippen molar-refractivity contribution in [1.29, 1.82) is 0 Å². The highest BCUT2D eigenvalue weighted by Gasteiger charge is 2.44. The lowest BCUT2D eigenvalue weighted by Gasteiger charge is -2.44. The number of imidazole rings is 1. The summed E-state index contributed by atoms with van der Waals surface area (Å²) in [5, 5.41) is 9.99. The zero-order chi connectivity index (χ0) is 20.6. The highest BCUT2D eigenvalue weighted by Crippen LogP contribution is 2.50. The highest BCUT2D eigenvalue weighted by atomic mass is 35.5. The van der Waals surface area contributed by atoms with E-state index in [-0.39, 0.29) is 42.7 Å². The Morgan fingerprint density at radius 3 is 2.93 bits per heavy atom. The summed E-state index contributed by atoms with van der Waals surface area (Å²) in [5.74, 6) is 0.0640. The largest absolute Gasteiger partial charge is 0.527 e. The van der Waals surface area contributed by atoms with Crippen molar-refractivity contribution >= 4 is 36.4 Å². The Bertz CT molecular complexity index is 1080. The summed E-state index contributed by atoms with van der Waals surface area (Å²) < 4.78 is 24.4. The van der Waals surface area contributed by atoms with Crippen LogP contribution in [0.25, 0.3) is 11.2 Å². The third kappa shape index (κ3) is 4.08. The van der Waals surface area contributed by atoms with Crippen LogP contribution < -0.4 is 10.3 Å². The molecule has 12 heteroatoms. The molecule has 3 aromatic rings. The van der Waals surface area contributed by atoms with Gasteiger partial charge in [0, 0.05) is 23.6 Å². The Morgan fingerprint density at radius 2 is 2.17 bits per heavy atom. The van der Waals surface area contributed by atoms with Crippen LogP contribution in [0, 0.1) is 11.8 Å². The summed E-state index contributed by atoms with van der Waals surface area (Å²) in [7, 11) is -4.37. The first-order chi connectivity index (χ1) is 13.9. The number of nitrogen functional groups attached to an aromatic ring is 1. The first kappa shape index (κ1) is 20.1. The van der Waals surface area contributed by atoms with Crippen molar-refractivity contribution in [2.24, 2.45) is 11.8 Å². The average Bonchev–Trinajstić information content (AvgIpc) is 3.06. The molecule has 4 N–H and O–H groups in total. The number of phosphoric ester groups is 1. The Hall–Kier alpha value is -2.23. The van der Waals surface area contributed by atoms with Crippen molar-refractivity contribution in [3.63, 3.8) is 0 Å². The summed E-state index contributed by atoms with van der Waals surface area (Å²) in [4.78, 5) is 22.5. The van der Waals surface area contributed by atoms with Gasteiger partial charge in [0.05, 0.1) is 12.9 Å². The molecule has 1 aliphatic carbocycles. The maximum Gasteiger partial charge on any atom is 0.527 e. The lowest BCUT2D eigenvalue weighted by Crippen LogP contribution is -2.43. The highest BCUT2D eigenvalue weighted by molar-refractivity contribution is 7.47. The summed E-state index contributed by atoms with van der Waals surface area (Å²) in [5.41, 5.74) is 6.87. The number of aliphatic hydroxyl groups excluding tert-OH is 1. The van der Waals surface area contributed by atoms with Gasteiger partial charge in [-0.2, -0.15) is 0 Å². The number of hydrogen-bond acceptors (Lipinski definition) is 8. The minimum absolute atomic E-state index is 0.0703. The number of anilines is 1. The van der Waals surface area contributed by atoms with E-state index in [9.17, 15) is 14.6 Å². The van der Waals surface area contributed by atoms with Gasteiger partial charge in [0.15, 0.2) is 11.5 Å². The van der Waals surface area contributed by atoms with Gasteiger partial charge in [-0.05, 0) is 30.5 Å². The molecule has 0 aliphatic heterocycles. The molecule has 0 radical (unpaired) electrons. The third-order valence-corrected chi connectivity index (χ3v) is 6.22. The van der Waals surface area contributed by atoms with Gasteiger partial charge in [-0.3, -0.25) is 9.42 Å². The lowest BCUT2D eigenvalue weighted by atomic mass is 9.70. The van der Waals surface area contributed by atoms with Gasteiger partial charge in [-0.1, -0.05) is 17.7 Å². The van der Waals surface area contributed by atoms with Crippen LogP contribution in [0.3, 0.4) is 0 Å². The molecule has 1 fully saturated rings. The Labute approximate surface area is 170 Å². The molecule has 1 saturated carbocycles. The fourth-order valence-electron chi connectivity index (χ4n) is 3.53. The number of nitrogens with two attached hydrogens (primary N) is 1. The Morgan fingerprint density at radius 1 is 1.34 bits per heavy atom. The van der Waals surface area contributed by atoms with Crippen molar-refractivity contribution in [3.05, 3.63) is 41.9 Å². The molecule has 0 bridgehead atoms. The van der Waals surface area contributed by atoms with Crippen molar-refractivity contribution in [2.45, 2.75) is 12.5 Å². The first-order valence-corrected chi connectivity index (χ1v) is 10.7. The summed E-state index contributed by atoms with van der Waals surface area (Å²) >= 11 is 5.86. The second-order valence-corrected chi connectivity index (χ2v) is 8.62. The molecule has 10 nitrogen and oxygen atoms in total.